The standard InChI is InChI=1S/C13H17NO3/c1-3-4-5-8-14(2)13(17)11-9-10(15)6-7-12(11)16/h3,6-7,9,15-16H,1,4-5,8H2,2H3. The molecule has 4 nitrogen and oxygen atoms in total. The Morgan fingerprint density at radius 3 is 2.82 bits per heavy atom. The van der Waals surface area contributed by atoms with Crippen LogP contribution in [0.5, 0.6) is 11.5 Å². The summed E-state index contributed by atoms with van der Waals surface area (Å²) in [5, 5.41) is 18.8. The van der Waals surface area contributed by atoms with Crippen molar-refractivity contribution in [3.8, 4) is 11.5 Å². The highest BCUT2D eigenvalue weighted by atomic mass is 16.3. The van der Waals surface area contributed by atoms with Crippen molar-refractivity contribution < 1.29 is 15.0 Å². The van der Waals surface area contributed by atoms with Crippen LogP contribution in [0.3, 0.4) is 0 Å². The molecule has 1 rings (SSSR count). The second kappa shape index (κ2) is 5.94. The molecule has 0 heterocycles. The summed E-state index contributed by atoms with van der Waals surface area (Å²) < 4.78 is 0. The zero-order valence-corrected chi connectivity index (χ0v) is 9.89. The third-order valence-electron chi connectivity index (χ3n) is 2.46. The molecule has 0 aliphatic carbocycles. The van der Waals surface area contributed by atoms with Gasteiger partial charge in [0, 0.05) is 13.6 Å². The van der Waals surface area contributed by atoms with E-state index in [1.807, 2.05) is 0 Å². The maximum atomic E-state index is 11.9. The van der Waals surface area contributed by atoms with Gasteiger partial charge in [0.25, 0.3) is 5.91 Å². The van der Waals surface area contributed by atoms with Crippen LogP contribution in [0, 0.1) is 0 Å². The van der Waals surface area contributed by atoms with Crippen molar-refractivity contribution in [2.45, 2.75) is 12.8 Å². The molecular formula is C13H17NO3. The van der Waals surface area contributed by atoms with E-state index in [-0.39, 0.29) is 23.0 Å². The summed E-state index contributed by atoms with van der Waals surface area (Å²) in [6.07, 6.45) is 3.46. The molecule has 0 bridgehead atoms. The zero-order chi connectivity index (χ0) is 12.8. The van der Waals surface area contributed by atoms with Crippen molar-refractivity contribution in [2.24, 2.45) is 0 Å². The van der Waals surface area contributed by atoms with Gasteiger partial charge in [-0.15, -0.1) is 6.58 Å². The number of benzene rings is 1. The Labute approximate surface area is 101 Å². The van der Waals surface area contributed by atoms with Crippen molar-refractivity contribution in [1.82, 2.24) is 4.90 Å². The van der Waals surface area contributed by atoms with Gasteiger partial charge in [-0.05, 0) is 31.0 Å². The molecule has 2 N–H and O–H groups in total. The van der Waals surface area contributed by atoms with E-state index < -0.39 is 0 Å². The lowest BCUT2D eigenvalue weighted by molar-refractivity contribution is 0.0790. The summed E-state index contributed by atoms with van der Waals surface area (Å²) in [4.78, 5) is 13.5. The summed E-state index contributed by atoms with van der Waals surface area (Å²) in [7, 11) is 1.66. The topological polar surface area (TPSA) is 60.8 Å². The van der Waals surface area contributed by atoms with Crippen LogP contribution in [0.4, 0.5) is 0 Å². The first kappa shape index (κ1) is 13.1. The molecule has 0 saturated heterocycles. The molecule has 0 aliphatic rings. The molecule has 1 aromatic rings. The minimum Gasteiger partial charge on any atom is -0.508 e. The average molecular weight is 235 g/mol. The van der Waals surface area contributed by atoms with Gasteiger partial charge in [-0.2, -0.15) is 0 Å². The van der Waals surface area contributed by atoms with E-state index in [9.17, 15) is 15.0 Å². The molecule has 0 atom stereocenters. The molecule has 1 aromatic carbocycles. The number of hydrogen-bond donors (Lipinski definition) is 2. The van der Waals surface area contributed by atoms with Crippen LogP contribution in [0.2, 0.25) is 0 Å². The summed E-state index contributed by atoms with van der Waals surface area (Å²) >= 11 is 0. The van der Waals surface area contributed by atoms with Crippen LogP contribution in [-0.2, 0) is 0 Å². The number of rotatable bonds is 5. The van der Waals surface area contributed by atoms with Gasteiger partial charge in [0.15, 0.2) is 0 Å². The highest BCUT2D eigenvalue weighted by molar-refractivity contribution is 5.97. The molecule has 1 amide bonds. The lowest BCUT2D eigenvalue weighted by Crippen LogP contribution is -2.27. The van der Waals surface area contributed by atoms with Crippen LogP contribution in [0.1, 0.15) is 23.2 Å². The number of carbonyl (C=O) groups excluding carboxylic acids is 1. The second-order valence-electron chi connectivity index (χ2n) is 3.86. The molecule has 0 radical (unpaired) electrons. The predicted molar refractivity (Wildman–Crippen MR) is 66.2 cm³/mol. The first-order valence-corrected chi connectivity index (χ1v) is 5.44. The Balaban J connectivity index is 2.74. The van der Waals surface area contributed by atoms with Gasteiger partial charge in [0.1, 0.15) is 11.5 Å². The molecule has 0 spiro atoms. The molecule has 0 fully saturated rings. The largest absolute Gasteiger partial charge is 0.508 e. The Kier molecular flexibility index (Phi) is 4.57. The highest BCUT2D eigenvalue weighted by Crippen LogP contribution is 2.23. The number of unbranched alkanes of at least 4 members (excludes halogenated alkanes) is 1. The van der Waals surface area contributed by atoms with E-state index in [0.717, 1.165) is 12.8 Å². The molecular weight excluding hydrogens is 218 g/mol. The van der Waals surface area contributed by atoms with Gasteiger partial charge in [-0.25, -0.2) is 0 Å². The van der Waals surface area contributed by atoms with E-state index in [0.29, 0.717) is 6.54 Å². The molecule has 0 unspecified atom stereocenters. The van der Waals surface area contributed by atoms with Crippen molar-refractivity contribution in [3.05, 3.63) is 36.4 Å². The maximum absolute atomic E-state index is 11.9. The van der Waals surface area contributed by atoms with E-state index >= 15 is 0 Å². The summed E-state index contributed by atoms with van der Waals surface area (Å²) in [5.41, 5.74) is 0.117. The number of phenols is 2. The molecule has 4 heteroatoms. The fourth-order valence-electron chi connectivity index (χ4n) is 1.48. The first-order valence-electron chi connectivity index (χ1n) is 5.44. The third-order valence-corrected chi connectivity index (χ3v) is 2.46. The van der Waals surface area contributed by atoms with Crippen molar-refractivity contribution in [3.63, 3.8) is 0 Å². The quantitative estimate of drug-likeness (QED) is 0.467. The Morgan fingerprint density at radius 1 is 1.47 bits per heavy atom. The normalized spacial score (nSPS) is 9.94. The van der Waals surface area contributed by atoms with Crippen LogP contribution < -0.4 is 0 Å². The minimum absolute atomic E-state index is 0.0364. The van der Waals surface area contributed by atoms with Gasteiger partial charge >= 0.3 is 0 Å². The van der Waals surface area contributed by atoms with Crippen molar-refractivity contribution >= 4 is 5.91 Å². The van der Waals surface area contributed by atoms with Gasteiger partial charge in [0.2, 0.25) is 0 Å². The summed E-state index contributed by atoms with van der Waals surface area (Å²) in [6, 6.07) is 3.91. The Hall–Kier alpha value is -1.97. The van der Waals surface area contributed by atoms with Gasteiger partial charge < -0.3 is 15.1 Å². The van der Waals surface area contributed by atoms with E-state index in [1.165, 1.54) is 23.1 Å². The molecule has 92 valence electrons. The number of allylic oxidation sites excluding steroid dienone is 1. The van der Waals surface area contributed by atoms with Crippen LogP contribution >= 0.6 is 0 Å². The number of nitrogens with zero attached hydrogens (tertiary/aromatic N) is 1. The lowest BCUT2D eigenvalue weighted by Gasteiger charge is -2.17. The molecule has 0 aliphatic heterocycles. The number of amides is 1. The smallest absolute Gasteiger partial charge is 0.257 e. The number of aromatic hydroxyl groups is 2. The number of phenolic OH excluding ortho intramolecular Hbond substituents is 2. The van der Waals surface area contributed by atoms with E-state index in [1.54, 1.807) is 13.1 Å². The molecule has 0 aromatic heterocycles. The summed E-state index contributed by atoms with van der Waals surface area (Å²) in [6.45, 7) is 4.19. The van der Waals surface area contributed by atoms with E-state index in [4.69, 9.17) is 0 Å². The van der Waals surface area contributed by atoms with Crippen LogP contribution in [-0.4, -0.2) is 34.6 Å². The Morgan fingerprint density at radius 2 is 2.18 bits per heavy atom. The highest BCUT2D eigenvalue weighted by Gasteiger charge is 2.15. The third kappa shape index (κ3) is 3.52. The van der Waals surface area contributed by atoms with Gasteiger partial charge in [-0.3, -0.25) is 4.79 Å². The Bertz CT molecular complexity index is 415. The van der Waals surface area contributed by atoms with Crippen LogP contribution in [0.25, 0.3) is 0 Å². The fraction of sp³-hybridized carbons (Fsp3) is 0.308. The second-order valence-corrected chi connectivity index (χ2v) is 3.86. The average Bonchev–Trinajstić information content (AvgIpc) is 2.31. The van der Waals surface area contributed by atoms with Crippen LogP contribution in [0.15, 0.2) is 30.9 Å². The number of hydrogen-bond acceptors (Lipinski definition) is 3. The van der Waals surface area contributed by atoms with Crippen molar-refractivity contribution in [2.75, 3.05) is 13.6 Å². The molecule has 0 saturated carbocycles. The van der Waals surface area contributed by atoms with Gasteiger partial charge in [0.05, 0.1) is 5.56 Å². The zero-order valence-electron chi connectivity index (χ0n) is 9.89. The van der Waals surface area contributed by atoms with E-state index in [2.05, 4.69) is 6.58 Å². The maximum Gasteiger partial charge on any atom is 0.257 e. The van der Waals surface area contributed by atoms with Gasteiger partial charge in [-0.1, -0.05) is 6.08 Å². The predicted octanol–water partition coefficient (Wildman–Crippen LogP) is 2.14. The fourth-order valence-corrected chi connectivity index (χ4v) is 1.48. The minimum atomic E-state index is -0.303. The SMILES string of the molecule is C=CCCCN(C)C(=O)c1cc(O)ccc1O. The monoisotopic (exact) mass is 235 g/mol. The molecule has 17 heavy (non-hydrogen) atoms. The lowest BCUT2D eigenvalue weighted by atomic mass is 10.1. The first-order chi connectivity index (χ1) is 8.06. The number of carbonyl (C=O) groups is 1. The summed E-state index contributed by atoms with van der Waals surface area (Å²) in [5.74, 6) is -0.462. The van der Waals surface area contributed by atoms with Crippen molar-refractivity contribution in [1.29, 1.82) is 0 Å².